The van der Waals surface area contributed by atoms with Gasteiger partial charge in [-0.15, -0.1) is 0 Å². The first-order valence-corrected chi connectivity index (χ1v) is 5.34. The Balaban J connectivity index is 3.46. The topological polar surface area (TPSA) is 29.1 Å². The van der Waals surface area contributed by atoms with E-state index in [4.69, 9.17) is 0 Å². The number of carbonyl (C=O) groups excluding carboxylic acids is 1. The van der Waals surface area contributed by atoms with Gasteiger partial charge >= 0.3 is 0 Å². The summed E-state index contributed by atoms with van der Waals surface area (Å²) in [4.78, 5) is 10.8. The molecule has 0 fully saturated rings. The first-order chi connectivity index (χ1) is 6.68. The lowest BCUT2D eigenvalue weighted by molar-refractivity contribution is -0.111. The van der Waals surface area contributed by atoms with Crippen molar-refractivity contribution in [2.75, 3.05) is 6.54 Å². The molecule has 0 aromatic rings. The van der Waals surface area contributed by atoms with Gasteiger partial charge in [0.2, 0.25) is 4.69 Å². The summed E-state index contributed by atoms with van der Waals surface area (Å²) in [5, 5.41) is 3.08. The molecule has 0 saturated carbocycles. The van der Waals surface area contributed by atoms with Crippen LogP contribution in [0.2, 0.25) is 0 Å². The lowest BCUT2D eigenvalue weighted by atomic mass is 10.3. The van der Waals surface area contributed by atoms with Crippen molar-refractivity contribution in [1.29, 1.82) is 0 Å². The van der Waals surface area contributed by atoms with Crippen LogP contribution >= 0.6 is 15.9 Å². The number of halogens is 1. The number of nitrogens with one attached hydrogen (secondary N) is 1. The smallest absolute Gasteiger partial charge is 0.214 e. The van der Waals surface area contributed by atoms with E-state index in [2.05, 4.69) is 27.8 Å². The largest absolute Gasteiger partial charge is 0.307 e. The van der Waals surface area contributed by atoms with E-state index in [1.165, 1.54) is 0 Å². The van der Waals surface area contributed by atoms with Gasteiger partial charge in [0.15, 0.2) is 0 Å². The molecule has 0 bridgehead atoms. The number of hydrogen-bond acceptors (Lipinski definition) is 2. The second-order valence-corrected chi connectivity index (χ2v) is 3.60. The molecule has 0 aliphatic carbocycles. The van der Waals surface area contributed by atoms with Crippen molar-refractivity contribution in [2.45, 2.75) is 19.4 Å². The van der Waals surface area contributed by atoms with Crippen molar-refractivity contribution in [3.05, 3.63) is 37.0 Å². The van der Waals surface area contributed by atoms with Gasteiger partial charge < -0.3 is 5.32 Å². The maximum Gasteiger partial charge on any atom is 0.214 e. The van der Waals surface area contributed by atoms with Gasteiger partial charge in [-0.1, -0.05) is 37.0 Å². The highest BCUT2D eigenvalue weighted by molar-refractivity contribution is 9.18. The Morgan fingerprint density at radius 2 is 2.21 bits per heavy atom. The summed E-state index contributed by atoms with van der Waals surface area (Å²) in [6.45, 7) is 6.20. The van der Waals surface area contributed by atoms with Crippen molar-refractivity contribution in [2.24, 2.45) is 0 Å². The van der Waals surface area contributed by atoms with Crippen molar-refractivity contribution in [1.82, 2.24) is 5.32 Å². The van der Waals surface area contributed by atoms with Gasteiger partial charge in [0, 0.05) is 0 Å². The van der Waals surface area contributed by atoms with Crippen LogP contribution in [-0.2, 0) is 4.79 Å². The van der Waals surface area contributed by atoms with Gasteiger partial charge in [-0.3, -0.25) is 4.79 Å². The fraction of sp³-hybridized carbons (Fsp3) is 0.364. The highest BCUT2D eigenvalue weighted by atomic mass is 79.9. The number of rotatable bonds is 7. The molecule has 0 saturated heterocycles. The normalized spacial score (nSPS) is 13.6. The van der Waals surface area contributed by atoms with Crippen LogP contribution in [0.3, 0.4) is 0 Å². The molecule has 78 valence electrons. The van der Waals surface area contributed by atoms with Crippen molar-refractivity contribution < 1.29 is 4.79 Å². The van der Waals surface area contributed by atoms with E-state index in [-0.39, 0.29) is 10.7 Å². The molecule has 0 spiro atoms. The zero-order valence-corrected chi connectivity index (χ0v) is 9.96. The molecule has 0 aliphatic heterocycles. The van der Waals surface area contributed by atoms with Gasteiger partial charge in [-0.2, -0.15) is 0 Å². The fourth-order valence-corrected chi connectivity index (χ4v) is 0.943. The van der Waals surface area contributed by atoms with Gasteiger partial charge in [-0.05, 0) is 35.8 Å². The van der Waals surface area contributed by atoms with Crippen LogP contribution in [-0.4, -0.2) is 17.3 Å². The third kappa shape index (κ3) is 7.95. The van der Waals surface area contributed by atoms with Gasteiger partial charge in [-0.25, -0.2) is 0 Å². The molecule has 0 radical (unpaired) electrons. The number of allylic oxidation sites excluding steroid dienone is 4. The summed E-state index contributed by atoms with van der Waals surface area (Å²) in [6.07, 6.45) is 10.4. The molecule has 0 aliphatic rings. The summed E-state index contributed by atoms with van der Waals surface area (Å²) >= 11 is 2.90. The predicted octanol–water partition coefficient (Wildman–Crippen LogP) is 2.57. The Bertz CT molecular complexity index is 233. The van der Waals surface area contributed by atoms with E-state index >= 15 is 0 Å². The van der Waals surface area contributed by atoms with Crippen molar-refractivity contribution >= 4 is 20.6 Å². The predicted molar refractivity (Wildman–Crippen MR) is 64.5 cm³/mol. The summed E-state index contributed by atoms with van der Waals surface area (Å²) in [7, 11) is 0. The van der Waals surface area contributed by atoms with E-state index in [1.807, 2.05) is 31.2 Å². The molecule has 1 atom stereocenters. The molecule has 1 N–H and O–H groups in total. The van der Waals surface area contributed by atoms with E-state index in [0.29, 0.717) is 0 Å². The lowest BCUT2D eigenvalue weighted by Gasteiger charge is -2.06. The summed E-state index contributed by atoms with van der Waals surface area (Å²) < 4.78 is -0.00645. The highest BCUT2D eigenvalue weighted by Gasteiger charge is 2.05. The SMILES string of the molecule is C=C/C=C\C=C/CCNC(C)C(=O)Br. The average Bonchev–Trinajstić information content (AvgIpc) is 2.16. The summed E-state index contributed by atoms with van der Waals surface area (Å²) in [5.74, 6) is 0. The van der Waals surface area contributed by atoms with Crippen LogP contribution in [0.5, 0.6) is 0 Å². The van der Waals surface area contributed by atoms with E-state index < -0.39 is 0 Å². The summed E-state index contributed by atoms with van der Waals surface area (Å²) in [5.41, 5.74) is 0. The second-order valence-electron chi connectivity index (χ2n) is 2.82. The Labute approximate surface area is 93.9 Å². The van der Waals surface area contributed by atoms with E-state index in [0.717, 1.165) is 13.0 Å². The van der Waals surface area contributed by atoms with Crippen LogP contribution in [0.4, 0.5) is 0 Å². The Kier molecular flexibility index (Phi) is 8.48. The highest BCUT2D eigenvalue weighted by Crippen LogP contribution is 1.93. The monoisotopic (exact) mass is 257 g/mol. The first kappa shape index (κ1) is 13.3. The maximum atomic E-state index is 10.8. The van der Waals surface area contributed by atoms with E-state index in [1.54, 1.807) is 6.08 Å². The molecule has 14 heavy (non-hydrogen) atoms. The van der Waals surface area contributed by atoms with Crippen LogP contribution in [0.25, 0.3) is 0 Å². The molecule has 0 heterocycles. The van der Waals surface area contributed by atoms with Crippen LogP contribution in [0.15, 0.2) is 37.0 Å². The molecule has 1 unspecified atom stereocenters. The van der Waals surface area contributed by atoms with Crippen molar-refractivity contribution in [3.8, 4) is 0 Å². The number of hydrogen-bond donors (Lipinski definition) is 1. The van der Waals surface area contributed by atoms with Gasteiger partial charge in [0.05, 0.1) is 6.04 Å². The molecule has 3 heteroatoms. The van der Waals surface area contributed by atoms with E-state index in [9.17, 15) is 4.79 Å². The molecule has 0 rings (SSSR count). The third-order valence-corrected chi connectivity index (χ3v) is 2.28. The lowest BCUT2D eigenvalue weighted by Crippen LogP contribution is -2.31. The Morgan fingerprint density at radius 3 is 2.79 bits per heavy atom. The third-order valence-electron chi connectivity index (χ3n) is 1.60. The van der Waals surface area contributed by atoms with Crippen LogP contribution in [0.1, 0.15) is 13.3 Å². The summed E-state index contributed by atoms with van der Waals surface area (Å²) in [6, 6.07) is -0.118. The average molecular weight is 258 g/mol. The molecule has 2 nitrogen and oxygen atoms in total. The van der Waals surface area contributed by atoms with Crippen molar-refractivity contribution in [3.63, 3.8) is 0 Å². The maximum absolute atomic E-state index is 10.8. The molecule has 0 aromatic carbocycles. The standard InChI is InChI=1S/C11H16BrNO/c1-3-4-5-6-7-8-9-13-10(2)11(12)14/h3-7,10,13H,1,8-9H2,2H3/b5-4-,7-6-. The molecule has 0 aromatic heterocycles. The minimum absolute atomic E-state index is 0.00645. The van der Waals surface area contributed by atoms with Crippen LogP contribution < -0.4 is 5.32 Å². The molecule has 0 amide bonds. The molecular formula is C11H16BrNO. The minimum Gasteiger partial charge on any atom is -0.307 e. The quantitative estimate of drug-likeness (QED) is 0.432. The Hall–Kier alpha value is -0.670. The second kappa shape index (κ2) is 8.91. The minimum atomic E-state index is -0.118. The molecular weight excluding hydrogens is 242 g/mol. The Morgan fingerprint density at radius 1 is 1.50 bits per heavy atom. The zero-order valence-electron chi connectivity index (χ0n) is 8.37. The fourth-order valence-electron chi connectivity index (χ4n) is 0.781. The van der Waals surface area contributed by atoms with Gasteiger partial charge in [0.25, 0.3) is 0 Å². The first-order valence-electron chi connectivity index (χ1n) is 4.55. The van der Waals surface area contributed by atoms with Crippen LogP contribution in [0, 0.1) is 0 Å². The number of carbonyl (C=O) groups is 1. The van der Waals surface area contributed by atoms with Gasteiger partial charge in [0.1, 0.15) is 0 Å². The zero-order chi connectivity index (χ0) is 10.8.